The number of hydrogen-bond donors (Lipinski definition) is 1. The molecule has 2 heterocycles. The molecule has 0 spiro atoms. The number of aromatic nitrogens is 3. The van der Waals surface area contributed by atoms with E-state index < -0.39 is 0 Å². The molecule has 1 amide bonds. The molecule has 1 N–H and O–H groups in total. The molecule has 8 heteroatoms. The van der Waals surface area contributed by atoms with Crippen LogP contribution in [-0.4, -0.2) is 33.9 Å². The Hall–Kier alpha value is -3.06. The summed E-state index contributed by atoms with van der Waals surface area (Å²) in [6, 6.07) is 14.7. The first-order valence-corrected chi connectivity index (χ1v) is 8.88. The number of carbonyl (C=O) groups is 1. The van der Waals surface area contributed by atoms with Gasteiger partial charge in [0, 0.05) is 0 Å². The van der Waals surface area contributed by atoms with E-state index in [-0.39, 0.29) is 11.9 Å². The number of fused-ring (bicyclic) bond motifs is 1. The number of halogens is 1. The Morgan fingerprint density at radius 2 is 1.89 bits per heavy atom. The van der Waals surface area contributed by atoms with Gasteiger partial charge < -0.3 is 9.47 Å². The molecule has 7 nitrogen and oxygen atoms in total. The fourth-order valence-electron chi connectivity index (χ4n) is 2.92. The van der Waals surface area contributed by atoms with Gasteiger partial charge in [-0.1, -0.05) is 35.9 Å². The molecule has 138 valence electrons. The van der Waals surface area contributed by atoms with Crippen LogP contribution in [-0.2, 0) is 4.79 Å². The normalized spacial score (nSPS) is 15.7. The maximum atomic E-state index is 11.8. The zero-order valence-corrected chi connectivity index (χ0v) is 15.1. The molecule has 0 radical (unpaired) electrons. The Morgan fingerprint density at radius 1 is 1.11 bits per heavy atom. The maximum Gasteiger partial charge on any atom is 0.229 e. The minimum absolute atomic E-state index is 0.0717. The minimum atomic E-state index is -0.172. The fraction of sp³-hybridized carbons (Fsp3) is 0.211. The lowest BCUT2D eigenvalue weighted by Gasteiger charge is -2.23. The number of nitrogens with zero attached hydrogens (tertiary/aromatic N) is 3. The second-order valence-electron chi connectivity index (χ2n) is 5.99. The van der Waals surface area contributed by atoms with Crippen molar-refractivity contribution in [1.29, 1.82) is 0 Å². The molecule has 2 aromatic carbocycles. The highest BCUT2D eigenvalue weighted by Gasteiger charge is 2.27. The van der Waals surface area contributed by atoms with Crippen molar-refractivity contribution < 1.29 is 14.3 Å². The summed E-state index contributed by atoms with van der Waals surface area (Å²) in [6.45, 7) is 0.778. The largest absolute Gasteiger partial charge is 0.490 e. The number of ether oxygens (including phenoxy) is 2. The Kier molecular flexibility index (Phi) is 4.93. The standard InChI is InChI=1S/C19H17ClN4O3/c20-15-3-1-2-4-17(15)27-10-9-26-14-7-5-13(6-8-14)16-11-18(25)23-19-21-12-22-24(16)19/h1-8,12,16H,9-11H2,(H,21,22,23,25). The lowest BCUT2D eigenvalue weighted by Crippen LogP contribution is -2.29. The summed E-state index contributed by atoms with van der Waals surface area (Å²) in [5, 5.41) is 7.48. The van der Waals surface area contributed by atoms with Crippen LogP contribution >= 0.6 is 11.6 Å². The Bertz CT molecular complexity index is 942. The third kappa shape index (κ3) is 3.88. The highest BCUT2D eigenvalue weighted by molar-refractivity contribution is 6.32. The Labute approximate surface area is 160 Å². The molecule has 3 aromatic rings. The van der Waals surface area contributed by atoms with Crippen LogP contribution in [0.3, 0.4) is 0 Å². The molecule has 0 aliphatic carbocycles. The third-order valence-corrected chi connectivity index (χ3v) is 4.52. The van der Waals surface area contributed by atoms with Gasteiger partial charge in [-0.05, 0) is 29.8 Å². The van der Waals surface area contributed by atoms with Gasteiger partial charge >= 0.3 is 0 Å². The highest BCUT2D eigenvalue weighted by atomic mass is 35.5. The molecule has 1 aromatic heterocycles. The van der Waals surface area contributed by atoms with E-state index in [1.165, 1.54) is 6.33 Å². The van der Waals surface area contributed by atoms with E-state index in [0.29, 0.717) is 36.4 Å². The van der Waals surface area contributed by atoms with Gasteiger partial charge in [-0.15, -0.1) is 0 Å². The zero-order valence-electron chi connectivity index (χ0n) is 14.3. The quantitative estimate of drug-likeness (QED) is 0.659. The minimum Gasteiger partial charge on any atom is -0.490 e. The number of amides is 1. The van der Waals surface area contributed by atoms with Gasteiger partial charge in [-0.3, -0.25) is 10.1 Å². The van der Waals surface area contributed by atoms with Gasteiger partial charge in [0.2, 0.25) is 11.9 Å². The van der Waals surface area contributed by atoms with E-state index in [1.54, 1.807) is 10.7 Å². The second-order valence-corrected chi connectivity index (χ2v) is 6.40. The van der Waals surface area contributed by atoms with Crippen molar-refractivity contribution in [3.05, 3.63) is 65.4 Å². The first-order valence-electron chi connectivity index (χ1n) is 8.50. The molecule has 1 atom stereocenters. The maximum absolute atomic E-state index is 11.8. The van der Waals surface area contributed by atoms with E-state index in [2.05, 4.69) is 15.4 Å². The third-order valence-electron chi connectivity index (χ3n) is 4.21. The predicted molar refractivity (Wildman–Crippen MR) is 100 cm³/mol. The molecular weight excluding hydrogens is 368 g/mol. The molecule has 27 heavy (non-hydrogen) atoms. The summed E-state index contributed by atoms with van der Waals surface area (Å²) in [4.78, 5) is 15.9. The highest BCUT2D eigenvalue weighted by Crippen LogP contribution is 2.29. The van der Waals surface area contributed by atoms with E-state index in [9.17, 15) is 4.79 Å². The molecule has 0 fully saturated rings. The van der Waals surface area contributed by atoms with Crippen molar-refractivity contribution in [2.75, 3.05) is 18.5 Å². The number of para-hydroxylation sites is 1. The van der Waals surface area contributed by atoms with Crippen LogP contribution in [0.4, 0.5) is 5.95 Å². The van der Waals surface area contributed by atoms with E-state index >= 15 is 0 Å². The molecule has 0 bridgehead atoms. The van der Waals surface area contributed by atoms with E-state index in [1.807, 2.05) is 42.5 Å². The van der Waals surface area contributed by atoms with Gasteiger partial charge in [0.15, 0.2) is 0 Å². The van der Waals surface area contributed by atoms with Crippen molar-refractivity contribution in [2.45, 2.75) is 12.5 Å². The average Bonchev–Trinajstić information content (AvgIpc) is 3.15. The predicted octanol–water partition coefficient (Wildman–Crippen LogP) is 3.32. The summed E-state index contributed by atoms with van der Waals surface area (Å²) in [5.41, 5.74) is 0.969. The monoisotopic (exact) mass is 384 g/mol. The second kappa shape index (κ2) is 7.67. The van der Waals surface area contributed by atoms with Gasteiger partial charge in [-0.2, -0.15) is 10.1 Å². The van der Waals surface area contributed by atoms with Crippen LogP contribution in [0.15, 0.2) is 54.9 Å². The van der Waals surface area contributed by atoms with Crippen LogP contribution < -0.4 is 14.8 Å². The molecule has 1 aliphatic heterocycles. The Balaban J connectivity index is 1.35. The number of nitrogens with one attached hydrogen (secondary N) is 1. The summed E-state index contributed by atoms with van der Waals surface area (Å²) in [6.07, 6.45) is 1.76. The van der Waals surface area contributed by atoms with Crippen molar-refractivity contribution >= 4 is 23.5 Å². The molecule has 0 saturated heterocycles. The summed E-state index contributed by atoms with van der Waals surface area (Å²) in [7, 11) is 0. The zero-order chi connectivity index (χ0) is 18.6. The van der Waals surface area contributed by atoms with Gasteiger partial charge in [-0.25, -0.2) is 4.68 Å². The van der Waals surface area contributed by atoms with Crippen LogP contribution in [0.1, 0.15) is 18.0 Å². The molecule has 1 unspecified atom stereocenters. The average molecular weight is 385 g/mol. The first-order chi connectivity index (χ1) is 13.2. The lowest BCUT2D eigenvalue weighted by atomic mass is 10.0. The number of anilines is 1. The van der Waals surface area contributed by atoms with Crippen molar-refractivity contribution in [3.8, 4) is 11.5 Å². The molecule has 4 rings (SSSR count). The topological polar surface area (TPSA) is 78.3 Å². The van der Waals surface area contributed by atoms with E-state index in [4.69, 9.17) is 21.1 Å². The van der Waals surface area contributed by atoms with E-state index in [0.717, 1.165) is 11.3 Å². The number of benzene rings is 2. The van der Waals surface area contributed by atoms with Crippen LogP contribution in [0.2, 0.25) is 5.02 Å². The fourth-order valence-corrected chi connectivity index (χ4v) is 3.11. The Morgan fingerprint density at radius 3 is 2.70 bits per heavy atom. The van der Waals surface area contributed by atoms with Crippen LogP contribution in [0.25, 0.3) is 0 Å². The molecule has 0 saturated carbocycles. The van der Waals surface area contributed by atoms with Crippen LogP contribution in [0, 0.1) is 0 Å². The van der Waals surface area contributed by atoms with Crippen molar-refractivity contribution in [3.63, 3.8) is 0 Å². The van der Waals surface area contributed by atoms with Crippen molar-refractivity contribution in [2.24, 2.45) is 0 Å². The summed E-state index contributed by atoms with van der Waals surface area (Å²) in [5.74, 6) is 1.75. The number of carbonyl (C=O) groups excluding carboxylic acids is 1. The molecule has 1 aliphatic rings. The lowest BCUT2D eigenvalue weighted by molar-refractivity contribution is -0.117. The van der Waals surface area contributed by atoms with Gasteiger partial charge in [0.1, 0.15) is 31.0 Å². The van der Waals surface area contributed by atoms with Gasteiger partial charge in [0.25, 0.3) is 0 Å². The number of hydrogen-bond acceptors (Lipinski definition) is 5. The summed E-state index contributed by atoms with van der Waals surface area (Å²) < 4.78 is 13.0. The summed E-state index contributed by atoms with van der Waals surface area (Å²) >= 11 is 6.04. The van der Waals surface area contributed by atoms with Crippen LogP contribution in [0.5, 0.6) is 11.5 Å². The molecular formula is C19H17ClN4O3. The SMILES string of the molecule is O=C1CC(c2ccc(OCCOc3ccccc3Cl)cc2)n2ncnc2N1. The number of rotatable bonds is 6. The first kappa shape index (κ1) is 17.4. The smallest absolute Gasteiger partial charge is 0.229 e. The van der Waals surface area contributed by atoms with Crippen molar-refractivity contribution in [1.82, 2.24) is 14.8 Å². The van der Waals surface area contributed by atoms with Gasteiger partial charge in [0.05, 0.1) is 17.5 Å².